The summed E-state index contributed by atoms with van der Waals surface area (Å²) in [6, 6.07) is 16.5. The second-order valence-corrected chi connectivity index (χ2v) is 5.22. The van der Waals surface area contributed by atoms with Crippen LogP contribution in [0.1, 0.15) is 13.3 Å². The van der Waals surface area contributed by atoms with Crippen LogP contribution in [0.25, 0.3) is 22.3 Å². The summed E-state index contributed by atoms with van der Waals surface area (Å²) < 4.78 is 0. The zero-order valence-electron chi connectivity index (χ0n) is 12.7. The van der Waals surface area contributed by atoms with Crippen molar-refractivity contribution < 1.29 is 9.90 Å². The number of anilines is 1. The van der Waals surface area contributed by atoms with Crippen LogP contribution in [0.4, 0.5) is 5.82 Å². The van der Waals surface area contributed by atoms with Gasteiger partial charge in [-0.25, -0.2) is 14.8 Å². The normalized spacial score (nSPS) is 12.0. The molecule has 0 spiro atoms. The molecule has 0 saturated carbocycles. The molecule has 1 atom stereocenters. The van der Waals surface area contributed by atoms with Crippen LogP contribution in [0.3, 0.4) is 0 Å². The minimum atomic E-state index is -0.892. The number of carboxylic acids is 1. The fraction of sp³-hybridized carbons (Fsp3) is 0.167. The SMILES string of the molecule is CC[C@@H](Nc1nc(-c2ccccc2)nc2ccccc12)C(=O)O. The van der Waals surface area contributed by atoms with E-state index in [2.05, 4.69) is 15.3 Å². The van der Waals surface area contributed by atoms with Crippen LogP contribution in [0.5, 0.6) is 0 Å². The Morgan fingerprint density at radius 1 is 1.09 bits per heavy atom. The quantitative estimate of drug-likeness (QED) is 0.753. The molecule has 3 aromatic rings. The number of hydrogen-bond donors (Lipinski definition) is 2. The van der Waals surface area contributed by atoms with Gasteiger partial charge >= 0.3 is 5.97 Å². The molecule has 0 fully saturated rings. The first-order valence-electron chi connectivity index (χ1n) is 7.50. The van der Waals surface area contributed by atoms with Crippen molar-refractivity contribution in [2.75, 3.05) is 5.32 Å². The molecule has 0 unspecified atom stereocenters. The first kappa shape index (κ1) is 15.0. The number of carbonyl (C=O) groups is 1. The Morgan fingerprint density at radius 2 is 1.78 bits per heavy atom. The summed E-state index contributed by atoms with van der Waals surface area (Å²) in [5.41, 5.74) is 1.67. The highest BCUT2D eigenvalue weighted by Gasteiger charge is 2.17. The third kappa shape index (κ3) is 3.13. The maximum atomic E-state index is 11.3. The van der Waals surface area contributed by atoms with Gasteiger partial charge in [-0.15, -0.1) is 0 Å². The predicted molar refractivity (Wildman–Crippen MR) is 90.3 cm³/mol. The van der Waals surface area contributed by atoms with Crippen molar-refractivity contribution in [1.29, 1.82) is 0 Å². The number of carboxylic acid groups (broad SMARTS) is 1. The zero-order valence-corrected chi connectivity index (χ0v) is 12.7. The molecular formula is C18H17N3O2. The van der Waals surface area contributed by atoms with E-state index >= 15 is 0 Å². The van der Waals surface area contributed by atoms with Crippen molar-refractivity contribution in [3.05, 3.63) is 54.6 Å². The lowest BCUT2D eigenvalue weighted by Gasteiger charge is -2.15. The molecule has 2 N–H and O–H groups in total. The van der Waals surface area contributed by atoms with Gasteiger partial charge in [0, 0.05) is 10.9 Å². The van der Waals surface area contributed by atoms with Gasteiger partial charge in [0.15, 0.2) is 5.82 Å². The van der Waals surface area contributed by atoms with Gasteiger partial charge in [-0.1, -0.05) is 49.4 Å². The third-order valence-corrected chi connectivity index (χ3v) is 3.65. The fourth-order valence-corrected chi connectivity index (χ4v) is 2.41. The molecule has 23 heavy (non-hydrogen) atoms. The van der Waals surface area contributed by atoms with Gasteiger partial charge in [0.25, 0.3) is 0 Å². The molecule has 0 radical (unpaired) electrons. The topological polar surface area (TPSA) is 75.1 Å². The number of fused-ring (bicyclic) bond motifs is 1. The summed E-state index contributed by atoms with van der Waals surface area (Å²) >= 11 is 0. The molecule has 0 aliphatic heterocycles. The lowest BCUT2D eigenvalue weighted by Crippen LogP contribution is -2.28. The Labute approximate surface area is 134 Å². The summed E-state index contributed by atoms with van der Waals surface area (Å²) in [6.07, 6.45) is 0.467. The number of hydrogen-bond acceptors (Lipinski definition) is 4. The lowest BCUT2D eigenvalue weighted by molar-refractivity contribution is -0.137. The van der Waals surface area contributed by atoms with E-state index in [1.807, 2.05) is 61.5 Å². The maximum absolute atomic E-state index is 11.3. The minimum absolute atomic E-state index is 0.467. The van der Waals surface area contributed by atoms with Gasteiger partial charge in [0.2, 0.25) is 0 Å². The Kier molecular flexibility index (Phi) is 4.19. The average molecular weight is 307 g/mol. The van der Waals surface area contributed by atoms with E-state index in [1.165, 1.54) is 0 Å². The van der Waals surface area contributed by atoms with Crippen molar-refractivity contribution in [2.45, 2.75) is 19.4 Å². The molecule has 3 rings (SSSR count). The van der Waals surface area contributed by atoms with Gasteiger partial charge < -0.3 is 10.4 Å². The third-order valence-electron chi connectivity index (χ3n) is 3.65. The highest BCUT2D eigenvalue weighted by Crippen LogP contribution is 2.25. The number of para-hydroxylation sites is 1. The van der Waals surface area contributed by atoms with Crippen LogP contribution < -0.4 is 5.32 Å². The van der Waals surface area contributed by atoms with E-state index in [0.717, 1.165) is 16.5 Å². The van der Waals surface area contributed by atoms with Gasteiger partial charge in [-0.05, 0) is 18.6 Å². The highest BCUT2D eigenvalue weighted by molar-refractivity contribution is 5.92. The fourth-order valence-electron chi connectivity index (χ4n) is 2.41. The Balaban J connectivity index is 2.13. The van der Waals surface area contributed by atoms with Crippen LogP contribution in [-0.2, 0) is 4.79 Å². The van der Waals surface area contributed by atoms with E-state index in [1.54, 1.807) is 0 Å². The minimum Gasteiger partial charge on any atom is -0.480 e. The van der Waals surface area contributed by atoms with Crippen molar-refractivity contribution in [1.82, 2.24) is 9.97 Å². The monoisotopic (exact) mass is 307 g/mol. The number of aliphatic carboxylic acids is 1. The zero-order chi connectivity index (χ0) is 16.2. The van der Waals surface area contributed by atoms with Crippen molar-refractivity contribution >= 4 is 22.7 Å². The molecule has 5 heteroatoms. The van der Waals surface area contributed by atoms with Crippen LogP contribution in [-0.4, -0.2) is 27.1 Å². The maximum Gasteiger partial charge on any atom is 0.326 e. The van der Waals surface area contributed by atoms with Crippen LogP contribution in [0.2, 0.25) is 0 Å². The second-order valence-electron chi connectivity index (χ2n) is 5.22. The number of nitrogens with zero attached hydrogens (tertiary/aromatic N) is 2. The standard InChI is InChI=1S/C18H17N3O2/c1-2-14(18(22)23)19-17-13-10-6-7-11-15(13)20-16(21-17)12-8-4-3-5-9-12/h3-11,14H,2H2,1H3,(H,22,23)(H,19,20,21)/t14-/m1/s1. The first-order chi connectivity index (χ1) is 11.2. The van der Waals surface area contributed by atoms with E-state index in [-0.39, 0.29) is 0 Å². The number of rotatable bonds is 5. The van der Waals surface area contributed by atoms with Gasteiger partial charge in [-0.3, -0.25) is 0 Å². The van der Waals surface area contributed by atoms with E-state index < -0.39 is 12.0 Å². The van der Waals surface area contributed by atoms with Crippen LogP contribution in [0, 0.1) is 0 Å². The number of nitrogens with one attached hydrogen (secondary N) is 1. The molecule has 0 aliphatic carbocycles. The molecule has 0 bridgehead atoms. The molecule has 0 amide bonds. The molecule has 1 aromatic heterocycles. The Morgan fingerprint density at radius 3 is 2.48 bits per heavy atom. The van der Waals surface area contributed by atoms with Crippen molar-refractivity contribution in [3.63, 3.8) is 0 Å². The summed E-state index contributed by atoms with van der Waals surface area (Å²) in [5.74, 6) is 0.229. The van der Waals surface area contributed by atoms with E-state index in [9.17, 15) is 9.90 Å². The first-order valence-corrected chi connectivity index (χ1v) is 7.50. The Hall–Kier alpha value is -2.95. The highest BCUT2D eigenvalue weighted by atomic mass is 16.4. The summed E-state index contributed by atoms with van der Waals surface area (Å²) in [6.45, 7) is 1.83. The van der Waals surface area contributed by atoms with E-state index in [0.29, 0.717) is 18.1 Å². The van der Waals surface area contributed by atoms with Crippen molar-refractivity contribution in [3.8, 4) is 11.4 Å². The molecule has 116 valence electrons. The Bertz CT molecular complexity index is 834. The number of benzene rings is 2. The predicted octanol–water partition coefficient (Wildman–Crippen LogP) is 3.57. The second kappa shape index (κ2) is 6.44. The van der Waals surface area contributed by atoms with Gasteiger partial charge in [0.1, 0.15) is 11.9 Å². The average Bonchev–Trinajstić information content (AvgIpc) is 2.59. The largest absolute Gasteiger partial charge is 0.480 e. The van der Waals surface area contributed by atoms with E-state index in [4.69, 9.17) is 0 Å². The van der Waals surface area contributed by atoms with Crippen molar-refractivity contribution in [2.24, 2.45) is 0 Å². The summed E-state index contributed by atoms with van der Waals surface area (Å²) in [4.78, 5) is 20.5. The molecule has 0 saturated heterocycles. The summed E-state index contributed by atoms with van der Waals surface area (Å²) in [7, 11) is 0. The summed E-state index contributed by atoms with van der Waals surface area (Å²) in [5, 5.41) is 13.1. The van der Waals surface area contributed by atoms with Gasteiger partial charge in [-0.2, -0.15) is 0 Å². The molecule has 5 nitrogen and oxygen atoms in total. The number of aromatic nitrogens is 2. The van der Waals surface area contributed by atoms with Crippen LogP contribution >= 0.6 is 0 Å². The van der Waals surface area contributed by atoms with Gasteiger partial charge in [0.05, 0.1) is 5.52 Å². The molecule has 1 heterocycles. The molecule has 2 aromatic carbocycles. The molecule has 0 aliphatic rings. The van der Waals surface area contributed by atoms with Crippen LogP contribution in [0.15, 0.2) is 54.6 Å². The lowest BCUT2D eigenvalue weighted by atomic mass is 10.1. The molecular weight excluding hydrogens is 290 g/mol. The smallest absolute Gasteiger partial charge is 0.326 e.